The summed E-state index contributed by atoms with van der Waals surface area (Å²) in [5.41, 5.74) is 1.97. The van der Waals surface area contributed by atoms with E-state index >= 15 is 0 Å². The third-order valence-corrected chi connectivity index (χ3v) is 2.66. The molecule has 0 saturated carbocycles. The predicted molar refractivity (Wildman–Crippen MR) is 63.1 cm³/mol. The molecule has 0 N–H and O–H groups in total. The second kappa shape index (κ2) is 3.52. The van der Waals surface area contributed by atoms with Crippen LogP contribution < -0.4 is 0 Å². The lowest BCUT2D eigenvalue weighted by atomic mass is 9.86. The van der Waals surface area contributed by atoms with Gasteiger partial charge in [0.05, 0.1) is 0 Å². The van der Waals surface area contributed by atoms with E-state index in [4.69, 9.17) is 0 Å². The van der Waals surface area contributed by atoms with E-state index in [0.717, 1.165) is 6.54 Å². The Hall–Kier alpha value is -0.590. The summed E-state index contributed by atoms with van der Waals surface area (Å²) < 4.78 is 2.53. The van der Waals surface area contributed by atoms with Crippen molar-refractivity contribution in [3.05, 3.63) is 12.2 Å². The minimum absolute atomic E-state index is 0.243. The van der Waals surface area contributed by atoms with Crippen molar-refractivity contribution in [3.63, 3.8) is 0 Å². The van der Waals surface area contributed by atoms with Crippen LogP contribution in [0.25, 0.3) is 0 Å². The fourth-order valence-corrected chi connectivity index (χ4v) is 1.96. The van der Waals surface area contributed by atoms with Crippen LogP contribution in [0.2, 0.25) is 0 Å². The zero-order valence-electron chi connectivity index (χ0n) is 10.5. The monoisotopic (exact) mass is 194 g/mol. The minimum Gasteiger partial charge on any atom is -0.228 e. The molecule has 0 amide bonds. The molecule has 1 aliphatic heterocycles. The first-order valence-corrected chi connectivity index (χ1v) is 5.54. The van der Waals surface area contributed by atoms with Crippen molar-refractivity contribution in [3.8, 4) is 0 Å². The summed E-state index contributed by atoms with van der Waals surface area (Å²) in [6.07, 6.45) is 5.77. The number of hydrogen-bond acceptors (Lipinski definition) is 0. The van der Waals surface area contributed by atoms with E-state index in [9.17, 15) is 0 Å². The SMILES string of the molecule is CC(C)(C)C1=[N+](C(C)(C)C)CCC=C1. The quantitative estimate of drug-likeness (QED) is 0.521. The molecule has 0 atom stereocenters. The lowest BCUT2D eigenvalue weighted by Crippen LogP contribution is -2.43. The molecular weight excluding hydrogens is 170 g/mol. The van der Waals surface area contributed by atoms with Crippen LogP contribution in [0.4, 0.5) is 0 Å². The summed E-state index contributed by atoms with van der Waals surface area (Å²) in [7, 11) is 0. The third-order valence-electron chi connectivity index (χ3n) is 2.66. The van der Waals surface area contributed by atoms with Crippen LogP contribution in [0, 0.1) is 5.41 Å². The molecule has 0 spiro atoms. The smallest absolute Gasteiger partial charge is 0.181 e. The van der Waals surface area contributed by atoms with E-state index in [1.807, 2.05) is 0 Å². The average Bonchev–Trinajstić information content (AvgIpc) is 2.01. The summed E-state index contributed by atoms with van der Waals surface area (Å²) in [5, 5.41) is 0. The second-order valence-electron chi connectivity index (χ2n) is 6.15. The van der Waals surface area contributed by atoms with Gasteiger partial charge in [0.15, 0.2) is 11.3 Å². The van der Waals surface area contributed by atoms with Gasteiger partial charge in [0, 0.05) is 17.9 Å². The maximum Gasteiger partial charge on any atom is 0.181 e. The molecule has 1 heteroatoms. The Balaban J connectivity index is 3.18. The van der Waals surface area contributed by atoms with Crippen molar-refractivity contribution >= 4 is 5.71 Å². The largest absolute Gasteiger partial charge is 0.228 e. The van der Waals surface area contributed by atoms with Crippen molar-refractivity contribution in [2.45, 2.75) is 53.5 Å². The molecule has 0 unspecified atom stereocenters. The molecule has 0 radical (unpaired) electrons. The predicted octanol–water partition coefficient (Wildman–Crippen LogP) is 3.24. The summed E-state index contributed by atoms with van der Waals surface area (Å²) in [4.78, 5) is 0. The highest BCUT2D eigenvalue weighted by Gasteiger charge is 2.34. The molecule has 14 heavy (non-hydrogen) atoms. The first-order valence-electron chi connectivity index (χ1n) is 5.54. The van der Waals surface area contributed by atoms with Crippen molar-refractivity contribution < 1.29 is 4.58 Å². The molecule has 1 aliphatic rings. The molecule has 0 aromatic rings. The zero-order valence-corrected chi connectivity index (χ0v) is 10.5. The van der Waals surface area contributed by atoms with Gasteiger partial charge < -0.3 is 0 Å². The molecule has 0 aromatic heterocycles. The van der Waals surface area contributed by atoms with E-state index in [-0.39, 0.29) is 11.0 Å². The molecule has 80 valence electrons. The van der Waals surface area contributed by atoms with Crippen LogP contribution in [0.15, 0.2) is 12.2 Å². The van der Waals surface area contributed by atoms with E-state index in [0.29, 0.717) is 0 Å². The van der Waals surface area contributed by atoms with Gasteiger partial charge in [0.1, 0.15) is 6.54 Å². The van der Waals surface area contributed by atoms with E-state index in [1.165, 1.54) is 12.1 Å². The molecule has 0 bridgehead atoms. The van der Waals surface area contributed by atoms with Gasteiger partial charge >= 0.3 is 0 Å². The normalized spacial score (nSPS) is 19.0. The molecule has 1 heterocycles. The van der Waals surface area contributed by atoms with Crippen LogP contribution in [0.5, 0.6) is 0 Å². The summed E-state index contributed by atoms with van der Waals surface area (Å²) in [5.74, 6) is 0. The highest BCUT2D eigenvalue weighted by atomic mass is 15.1. The third kappa shape index (κ3) is 2.46. The van der Waals surface area contributed by atoms with Crippen LogP contribution in [0.3, 0.4) is 0 Å². The Morgan fingerprint density at radius 3 is 2.00 bits per heavy atom. The first-order chi connectivity index (χ1) is 6.23. The maximum atomic E-state index is 2.53. The molecule has 1 rings (SSSR count). The fraction of sp³-hybridized carbons (Fsp3) is 0.769. The highest BCUT2D eigenvalue weighted by molar-refractivity contribution is 5.95. The fourth-order valence-electron chi connectivity index (χ4n) is 1.96. The van der Waals surface area contributed by atoms with Gasteiger partial charge in [-0.3, -0.25) is 0 Å². The standard InChI is InChI=1S/C13H24N/c1-12(2,3)11-9-7-8-10-14(11)13(4,5)6/h7,9H,8,10H2,1-6H3/q+1. The van der Waals surface area contributed by atoms with Crippen LogP contribution in [-0.2, 0) is 0 Å². The minimum atomic E-state index is 0.243. The maximum absolute atomic E-state index is 2.53. The molecule has 0 aliphatic carbocycles. The Morgan fingerprint density at radius 2 is 1.64 bits per heavy atom. The Morgan fingerprint density at radius 1 is 1.07 bits per heavy atom. The van der Waals surface area contributed by atoms with Gasteiger partial charge in [0.25, 0.3) is 0 Å². The highest BCUT2D eigenvalue weighted by Crippen LogP contribution is 2.23. The lowest BCUT2D eigenvalue weighted by Gasteiger charge is -2.27. The van der Waals surface area contributed by atoms with Crippen LogP contribution >= 0.6 is 0 Å². The number of hydrogen-bond donors (Lipinski definition) is 0. The van der Waals surface area contributed by atoms with Gasteiger partial charge in [0.2, 0.25) is 0 Å². The van der Waals surface area contributed by atoms with E-state index in [2.05, 4.69) is 58.3 Å². The molecule has 0 fully saturated rings. The van der Waals surface area contributed by atoms with Crippen LogP contribution in [0.1, 0.15) is 48.0 Å². The zero-order chi connectivity index (χ0) is 11.0. The number of nitrogens with zero attached hydrogens (tertiary/aromatic N) is 1. The molecular formula is C13H24N+. The number of rotatable bonds is 0. The first kappa shape index (κ1) is 11.5. The van der Waals surface area contributed by atoms with E-state index < -0.39 is 0 Å². The van der Waals surface area contributed by atoms with E-state index in [1.54, 1.807) is 0 Å². The van der Waals surface area contributed by atoms with Gasteiger partial charge in [-0.05, 0) is 20.8 Å². The molecule has 0 saturated heterocycles. The van der Waals surface area contributed by atoms with Crippen molar-refractivity contribution in [2.75, 3.05) is 6.54 Å². The van der Waals surface area contributed by atoms with Crippen molar-refractivity contribution in [2.24, 2.45) is 5.41 Å². The van der Waals surface area contributed by atoms with Gasteiger partial charge in [-0.1, -0.05) is 26.8 Å². The Labute approximate surface area is 88.5 Å². The van der Waals surface area contributed by atoms with Crippen LogP contribution in [-0.4, -0.2) is 22.4 Å². The van der Waals surface area contributed by atoms with Crippen molar-refractivity contribution in [1.82, 2.24) is 0 Å². The van der Waals surface area contributed by atoms with Gasteiger partial charge in [-0.2, -0.15) is 0 Å². The lowest BCUT2D eigenvalue weighted by molar-refractivity contribution is -0.599. The second-order valence-corrected chi connectivity index (χ2v) is 6.15. The average molecular weight is 194 g/mol. The topological polar surface area (TPSA) is 3.01 Å². The van der Waals surface area contributed by atoms with Gasteiger partial charge in [-0.15, -0.1) is 0 Å². The summed E-state index contributed by atoms with van der Waals surface area (Å²) in [6, 6.07) is 0. The Bertz CT molecular complexity index is 269. The molecule has 1 nitrogen and oxygen atoms in total. The van der Waals surface area contributed by atoms with Gasteiger partial charge in [-0.25, -0.2) is 4.58 Å². The Kier molecular flexibility index (Phi) is 2.89. The molecule has 0 aromatic carbocycles. The number of allylic oxidation sites excluding steroid dienone is 1. The summed E-state index contributed by atoms with van der Waals surface area (Å²) >= 11 is 0. The van der Waals surface area contributed by atoms with Crippen molar-refractivity contribution in [1.29, 1.82) is 0 Å². The summed E-state index contributed by atoms with van der Waals surface area (Å²) in [6.45, 7) is 14.9.